The summed E-state index contributed by atoms with van der Waals surface area (Å²) in [6.07, 6.45) is 1.60. The van der Waals surface area contributed by atoms with E-state index < -0.39 is 0 Å². The van der Waals surface area contributed by atoms with Crippen molar-refractivity contribution in [3.8, 4) is 17.2 Å². The van der Waals surface area contributed by atoms with Crippen LogP contribution in [0.2, 0.25) is 5.15 Å². The molecule has 0 saturated heterocycles. The molecule has 0 spiro atoms. The Kier molecular flexibility index (Phi) is 2.76. The van der Waals surface area contributed by atoms with Crippen molar-refractivity contribution in [3.05, 3.63) is 47.2 Å². The molecule has 3 nitrogen and oxygen atoms in total. The van der Waals surface area contributed by atoms with Gasteiger partial charge >= 0.3 is 0 Å². The van der Waals surface area contributed by atoms with Crippen molar-refractivity contribution in [2.75, 3.05) is 5.73 Å². The van der Waals surface area contributed by atoms with E-state index in [-0.39, 0.29) is 0 Å². The monoisotopic (exact) mass is 229 g/mol. The zero-order valence-electron chi connectivity index (χ0n) is 8.31. The molecular weight excluding hydrogens is 222 g/mol. The number of hydrogen-bond donors (Lipinski definition) is 1. The van der Waals surface area contributed by atoms with Crippen LogP contribution in [0.25, 0.3) is 11.1 Å². The summed E-state index contributed by atoms with van der Waals surface area (Å²) >= 11 is 5.80. The number of nitrogen functional groups attached to an aromatic ring is 1. The van der Waals surface area contributed by atoms with Crippen LogP contribution < -0.4 is 5.73 Å². The van der Waals surface area contributed by atoms with E-state index in [1.807, 2.05) is 0 Å². The predicted octanol–water partition coefficient (Wildman–Crippen LogP) is 2.86. The fourth-order valence-electron chi connectivity index (χ4n) is 1.47. The van der Waals surface area contributed by atoms with Crippen molar-refractivity contribution < 1.29 is 0 Å². The van der Waals surface area contributed by atoms with Crippen LogP contribution in [0.4, 0.5) is 5.69 Å². The first kappa shape index (κ1) is 10.5. The van der Waals surface area contributed by atoms with Crippen LogP contribution in [0.15, 0.2) is 36.5 Å². The molecule has 2 rings (SSSR count). The maximum Gasteiger partial charge on any atom is 0.129 e. The second-order valence-electron chi connectivity index (χ2n) is 3.28. The molecule has 0 atom stereocenters. The molecule has 0 saturated carbocycles. The first-order chi connectivity index (χ1) is 7.70. The largest absolute Gasteiger partial charge is 0.399 e. The number of anilines is 1. The van der Waals surface area contributed by atoms with E-state index in [1.54, 1.807) is 36.5 Å². The van der Waals surface area contributed by atoms with Crippen LogP contribution in [0.3, 0.4) is 0 Å². The van der Waals surface area contributed by atoms with E-state index in [9.17, 15) is 0 Å². The molecule has 0 aliphatic rings. The zero-order chi connectivity index (χ0) is 11.5. The number of benzene rings is 1. The molecule has 1 heterocycles. The minimum Gasteiger partial charge on any atom is -0.399 e. The van der Waals surface area contributed by atoms with Crippen molar-refractivity contribution in [1.29, 1.82) is 5.26 Å². The van der Waals surface area contributed by atoms with Crippen molar-refractivity contribution in [3.63, 3.8) is 0 Å². The standard InChI is InChI=1S/C12H8ClN3/c13-12-5-8(3-4-16-12)11-6-10(15)2-1-9(11)7-14/h1-6H,15H2. The molecule has 1 aromatic carbocycles. The Morgan fingerprint density at radius 1 is 1.25 bits per heavy atom. The third kappa shape index (κ3) is 1.97. The van der Waals surface area contributed by atoms with E-state index in [4.69, 9.17) is 22.6 Å². The fraction of sp³-hybridized carbons (Fsp3) is 0. The molecule has 2 N–H and O–H groups in total. The average Bonchev–Trinajstić information content (AvgIpc) is 2.29. The molecule has 0 aliphatic carbocycles. The number of nitrogens with two attached hydrogens (primary N) is 1. The molecule has 78 valence electrons. The summed E-state index contributed by atoms with van der Waals surface area (Å²) in [5.74, 6) is 0. The highest BCUT2D eigenvalue weighted by atomic mass is 35.5. The Hall–Kier alpha value is -2.05. The molecule has 4 heteroatoms. The van der Waals surface area contributed by atoms with Crippen molar-refractivity contribution in [2.45, 2.75) is 0 Å². The number of aromatic nitrogens is 1. The highest BCUT2D eigenvalue weighted by molar-refractivity contribution is 6.29. The molecule has 2 aromatic rings. The fourth-order valence-corrected chi connectivity index (χ4v) is 1.64. The molecule has 0 unspecified atom stereocenters. The van der Waals surface area contributed by atoms with Crippen LogP contribution in [0.1, 0.15) is 5.56 Å². The Morgan fingerprint density at radius 2 is 2.06 bits per heavy atom. The maximum atomic E-state index is 9.00. The van der Waals surface area contributed by atoms with Crippen LogP contribution in [0, 0.1) is 11.3 Å². The first-order valence-corrected chi connectivity index (χ1v) is 5.00. The smallest absolute Gasteiger partial charge is 0.129 e. The quantitative estimate of drug-likeness (QED) is 0.604. The van der Waals surface area contributed by atoms with Gasteiger partial charge in [-0.3, -0.25) is 0 Å². The van der Waals surface area contributed by atoms with E-state index in [1.165, 1.54) is 0 Å². The second-order valence-corrected chi connectivity index (χ2v) is 3.67. The summed E-state index contributed by atoms with van der Waals surface area (Å²) in [4.78, 5) is 3.89. The van der Waals surface area contributed by atoms with Gasteiger partial charge in [0.15, 0.2) is 0 Å². The second kappa shape index (κ2) is 4.21. The van der Waals surface area contributed by atoms with Crippen molar-refractivity contribution in [2.24, 2.45) is 0 Å². The summed E-state index contributed by atoms with van der Waals surface area (Å²) in [5, 5.41) is 9.39. The van der Waals surface area contributed by atoms with Gasteiger partial charge in [0.25, 0.3) is 0 Å². The van der Waals surface area contributed by atoms with E-state index in [0.717, 1.165) is 11.1 Å². The number of nitriles is 1. The van der Waals surface area contributed by atoms with Gasteiger partial charge < -0.3 is 5.73 Å². The van der Waals surface area contributed by atoms with Crippen LogP contribution in [0.5, 0.6) is 0 Å². The molecule has 16 heavy (non-hydrogen) atoms. The highest BCUT2D eigenvalue weighted by Gasteiger charge is 2.06. The normalized spacial score (nSPS) is 9.75. The van der Waals surface area contributed by atoms with Crippen molar-refractivity contribution in [1.82, 2.24) is 4.98 Å². The minimum atomic E-state index is 0.392. The average molecular weight is 230 g/mol. The summed E-state index contributed by atoms with van der Waals surface area (Å²) in [6.45, 7) is 0. The van der Waals surface area contributed by atoms with Crippen LogP contribution in [-0.2, 0) is 0 Å². The van der Waals surface area contributed by atoms with Gasteiger partial charge in [0, 0.05) is 17.4 Å². The topological polar surface area (TPSA) is 62.7 Å². The van der Waals surface area contributed by atoms with Crippen LogP contribution in [-0.4, -0.2) is 4.98 Å². The lowest BCUT2D eigenvalue weighted by molar-refractivity contribution is 1.33. The highest BCUT2D eigenvalue weighted by Crippen LogP contribution is 2.26. The van der Waals surface area contributed by atoms with E-state index in [2.05, 4.69) is 11.1 Å². The lowest BCUT2D eigenvalue weighted by Gasteiger charge is -2.05. The molecule has 1 aromatic heterocycles. The Labute approximate surface area is 98.1 Å². The summed E-state index contributed by atoms with van der Waals surface area (Å²) in [7, 11) is 0. The number of rotatable bonds is 1. The Morgan fingerprint density at radius 3 is 2.75 bits per heavy atom. The molecule has 0 radical (unpaired) electrons. The molecular formula is C12H8ClN3. The van der Waals surface area contributed by atoms with Crippen molar-refractivity contribution >= 4 is 17.3 Å². The van der Waals surface area contributed by atoms with Gasteiger partial charge in [-0.2, -0.15) is 5.26 Å². The molecule has 0 amide bonds. The number of halogens is 1. The van der Waals surface area contributed by atoms with Gasteiger partial charge in [0.2, 0.25) is 0 Å². The van der Waals surface area contributed by atoms with Gasteiger partial charge in [-0.1, -0.05) is 11.6 Å². The molecule has 0 bridgehead atoms. The number of nitrogens with zero attached hydrogens (tertiary/aromatic N) is 2. The Balaban J connectivity index is 2.64. The maximum absolute atomic E-state index is 9.00. The Bertz CT molecular complexity index is 573. The summed E-state index contributed by atoms with van der Waals surface area (Å²) < 4.78 is 0. The van der Waals surface area contributed by atoms with E-state index >= 15 is 0 Å². The summed E-state index contributed by atoms with van der Waals surface area (Å²) in [5.41, 5.74) is 8.49. The molecule has 0 fully saturated rings. The summed E-state index contributed by atoms with van der Waals surface area (Å²) in [6, 6.07) is 10.8. The minimum absolute atomic E-state index is 0.392. The molecule has 0 aliphatic heterocycles. The van der Waals surface area contributed by atoms with Gasteiger partial charge in [0.1, 0.15) is 5.15 Å². The predicted molar refractivity (Wildman–Crippen MR) is 63.8 cm³/mol. The SMILES string of the molecule is N#Cc1ccc(N)cc1-c1ccnc(Cl)c1. The zero-order valence-corrected chi connectivity index (χ0v) is 9.07. The van der Waals surface area contributed by atoms with Gasteiger partial charge in [0.05, 0.1) is 11.6 Å². The third-order valence-electron chi connectivity index (χ3n) is 2.20. The lowest BCUT2D eigenvalue weighted by Crippen LogP contribution is -1.90. The van der Waals surface area contributed by atoms with E-state index in [0.29, 0.717) is 16.4 Å². The van der Waals surface area contributed by atoms with Gasteiger partial charge in [-0.15, -0.1) is 0 Å². The first-order valence-electron chi connectivity index (χ1n) is 4.62. The van der Waals surface area contributed by atoms with Gasteiger partial charge in [-0.05, 0) is 35.9 Å². The van der Waals surface area contributed by atoms with Gasteiger partial charge in [-0.25, -0.2) is 4.98 Å². The number of pyridine rings is 1. The lowest BCUT2D eigenvalue weighted by atomic mass is 10.0. The van der Waals surface area contributed by atoms with Crippen LogP contribution >= 0.6 is 11.6 Å². The number of hydrogen-bond acceptors (Lipinski definition) is 3. The third-order valence-corrected chi connectivity index (χ3v) is 2.41.